The van der Waals surface area contributed by atoms with E-state index in [9.17, 15) is 9.59 Å². The molecule has 10 nitrogen and oxygen atoms in total. The molecule has 3 heterocycles. The van der Waals surface area contributed by atoms with Crippen LogP contribution < -0.4 is 5.32 Å². The molecule has 0 aliphatic rings. The van der Waals surface area contributed by atoms with Gasteiger partial charge < -0.3 is 9.84 Å². The minimum atomic E-state index is -1.14. The first kappa shape index (κ1) is 27.0. The number of nitrogens with zero attached hydrogens (tertiary/aromatic N) is 5. The SMILES string of the molecule is C[Si](C)(C)CCOCn1cc(-c2cccc(C(=O)Nc3nc(CCC(=O)O)cn3-c3ccncc3)c2)cn1. The second kappa shape index (κ2) is 12.0. The Balaban J connectivity index is 1.48. The van der Waals surface area contributed by atoms with Crippen molar-refractivity contribution in [2.24, 2.45) is 0 Å². The van der Waals surface area contributed by atoms with Gasteiger partial charge >= 0.3 is 5.97 Å². The quantitative estimate of drug-likeness (QED) is 0.200. The van der Waals surface area contributed by atoms with Gasteiger partial charge in [0.1, 0.15) is 6.73 Å². The summed E-state index contributed by atoms with van der Waals surface area (Å²) in [5, 5.41) is 16.3. The lowest BCUT2D eigenvalue weighted by Crippen LogP contribution is -2.22. The second-order valence-corrected chi connectivity index (χ2v) is 15.8. The zero-order valence-corrected chi connectivity index (χ0v) is 22.8. The van der Waals surface area contributed by atoms with Crippen molar-refractivity contribution >= 4 is 25.9 Å². The molecule has 11 heteroatoms. The molecule has 0 fully saturated rings. The number of carboxylic acids is 1. The van der Waals surface area contributed by atoms with Crippen molar-refractivity contribution in [1.82, 2.24) is 24.3 Å². The van der Waals surface area contributed by atoms with E-state index in [4.69, 9.17) is 9.84 Å². The van der Waals surface area contributed by atoms with Crippen molar-refractivity contribution in [3.8, 4) is 16.8 Å². The van der Waals surface area contributed by atoms with E-state index in [0.29, 0.717) is 30.5 Å². The lowest BCUT2D eigenvalue weighted by molar-refractivity contribution is -0.136. The third kappa shape index (κ3) is 7.46. The van der Waals surface area contributed by atoms with Crippen LogP contribution in [0.25, 0.3) is 16.8 Å². The van der Waals surface area contributed by atoms with Crippen molar-refractivity contribution in [3.63, 3.8) is 0 Å². The zero-order valence-electron chi connectivity index (χ0n) is 21.8. The second-order valence-electron chi connectivity index (χ2n) is 10.2. The maximum atomic E-state index is 13.2. The van der Waals surface area contributed by atoms with Crippen molar-refractivity contribution < 1.29 is 19.4 Å². The zero-order chi connectivity index (χ0) is 27.1. The molecule has 4 aromatic rings. The number of carboxylic acid groups (broad SMARTS) is 1. The summed E-state index contributed by atoms with van der Waals surface area (Å²) in [5.74, 6) is -0.942. The number of aliphatic carboxylic acids is 1. The van der Waals surface area contributed by atoms with Gasteiger partial charge in [-0.3, -0.25) is 24.5 Å². The Morgan fingerprint density at radius 2 is 1.87 bits per heavy atom. The summed E-state index contributed by atoms with van der Waals surface area (Å²) in [6.07, 6.45) is 8.85. The van der Waals surface area contributed by atoms with Gasteiger partial charge in [0.25, 0.3) is 5.91 Å². The van der Waals surface area contributed by atoms with Crippen LogP contribution in [0.2, 0.25) is 25.7 Å². The number of carbonyl (C=O) groups excluding carboxylic acids is 1. The lowest BCUT2D eigenvalue weighted by atomic mass is 10.1. The number of hydrogen-bond acceptors (Lipinski definition) is 6. The van der Waals surface area contributed by atoms with Crippen molar-refractivity contribution in [3.05, 3.63) is 78.6 Å². The molecule has 38 heavy (non-hydrogen) atoms. The van der Waals surface area contributed by atoms with E-state index in [-0.39, 0.29) is 18.7 Å². The fourth-order valence-corrected chi connectivity index (χ4v) is 4.46. The summed E-state index contributed by atoms with van der Waals surface area (Å²) >= 11 is 0. The summed E-state index contributed by atoms with van der Waals surface area (Å²) in [4.78, 5) is 32.7. The number of rotatable bonds is 12. The van der Waals surface area contributed by atoms with Gasteiger partial charge in [-0.25, -0.2) is 9.67 Å². The molecule has 0 saturated heterocycles. The molecular formula is C27H32N6O4Si. The molecule has 1 aromatic carbocycles. The van der Waals surface area contributed by atoms with E-state index in [2.05, 4.69) is 40.0 Å². The number of anilines is 1. The molecule has 2 N–H and O–H groups in total. The number of aromatic nitrogens is 5. The van der Waals surface area contributed by atoms with E-state index >= 15 is 0 Å². The first-order valence-corrected chi connectivity index (χ1v) is 16.1. The Morgan fingerprint density at radius 3 is 2.61 bits per heavy atom. The van der Waals surface area contributed by atoms with Gasteiger partial charge in [0.05, 0.1) is 24.0 Å². The molecule has 0 atom stereocenters. The highest BCUT2D eigenvalue weighted by atomic mass is 28.3. The van der Waals surface area contributed by atoms with Crippen LogP contribution in [0.15, 0.2) is 67.4 Å². The van der Waals surface area contributed by atoms with Gasteiger partial charge in [-0.1, -0.05) is 31.8 Å². The molecule has 0 saturated carbocycles. The first-order valence-electron chi connectivity index (χ1n) is 12.4. The van der Waals surface area contributed by atoms with Crippen molar-refractivity contribution in [1.29, 1.82) is 0 Å². The molecule has 0 spiro atoms. The standard InChI is InChI=1S/C27H32N6O4Si/c1-38(2,3)14-13-37-19-32-17-22(16-29-32)20-5-4-6-21(15-20)26(36)31-27-30-23(7-8-25(34)35)18-33(27)24-9-11-28-12-10-24/h4-6,9-12,15-18H,7-8,13-14,19H2,1-3H3,(H,34,35)(H,30,31,36). The monoisotopic (exact) mass is 532 g/mol. The normalized spacial score (nSPS) is 11.4. The fraction of sp³-hybridized carbons (Fsp3) is 0.296. The number of benzene rings is 1. The van der Waals surface area contributed by atoms with Gasteiger partial charge in [-0.2, -0.15) is 5.10 Å². The number of ether oxygens (including phenoxy) is 1. The van der Waals surface area contributed by atoms with Gasteiger partial charge in [0.2, 0.25) is 5.95 Å². The Labute approximate surface area is 222 Å². The number of hydrogen-bond donors (Lipinski definition) is 2. The highest BCUT2D eigenvalue weighted by Gasteiger charge is 2.16. The predicted octanol–water partition coefficient (Wildman–Crippen LogP) is 4.71. The van der Waals surface area contributed by atoms with Crippen molar-refractivity contribution in [2.45, 2.75) is 45.3 Å². The maximum Gasteiger partial charge on any atom is 0.303 e. The smallest absolute Gasteiger partial charge is 0.303 e. The van der Waals surface area contributed by atoms with Crippen LogP contribution in [0.1, 0.15) is 22.5 Å². The van der Waals surface area contributed by atoms with Gasteiger partial charge in [-0.05, 0) is 35.9 Å². The van der Waals surface area contributed by atoms with E-state index in [1.807, 2.05) is 18.3 Å². The molecule has 3 aromatic heterocycles. The highest BCUT2D eigenvalue weighted by Crippen LogP contribution is 2.22. The lowest BCUT2D eigenvalue weighted by Gasteiger charge is -2.15. The largest absolute Gasteiger partial charge is 0.481 e. The minimum Gasteiger partial charge on any atom is -0.481 e. The molecule has 0 unspecified atom stereocenters. The van der Waals surface area contributed by atoms with Crippen LogP contribution in [0.4, 0.5) is 5.95 Å². The summed E-state index contributed by atoms with van der Waals surface area (Å²) in [5.41, 5.74) is 3.50. The first-order chi connectivity index (χ1) is 18.2. The Bertz CT molecular complexity index is 1390. The molecule has 0 radical (unpaired) electrons. The van der Waals surface area contributed by atoms with E-state index in [1.54, 1.807) is 58.3 Å². The van der Waals surface area contributed by atoms with Crippen molar-refractivity contribution in [2.75, 3.05) is 11.9 Å². The molecule has 4 rings (SSSR count). The fourth-order valence-electron chi connectivity index (χ4n) is 3.71. The number of pyridine rings is 1. The van der Waals surface area contributed by atoms with E-state index < -0.39 is 14.0 Å². The highest BCUT2D eigenvalue weighted by molar-refractivity contribution is 6.76. The number of aryl methyl sites for hydroxylation is 1. The molecule has 0 bridgehead atoms. The number of nitrogens with one attached hydrogen (secondary N) is 1. The molecule has 198 valence electrons. The Kier molecular flexibility index (Phi) is 8.49. The Hall–Kier alpha value is -4.09. The average Bonchev–Trinajstić information content (AvgIpc) is 3.53. The minimum absolute atomic E-state index is 0.0557. The van der Waals surface area contributed by atoms with Gasteiger partial charge in [0.15, 0.2) is 0 Å². The third-order valence-corrected chi connectivity index (χ3v) is 7.53. The van der Waals surface area contributed by atoms with Gasteiger partial charge in [-0.15, -0.1) is 0 Å². The van der Waals surface area contributed by atoms with E-state index in [0.717, 1.165) is 22.9 Å². The number of amides is 1. The molecular weight excluding hydrogens is 500 g/mol. The predicted molar refractivity (Wildman–Crippen MR) is 147 cm³/mol. The summed E-state index contributed by atoms with van der Waals surface area (Å²) < 4.78 is 9.24. The van der Waals surface area contributed by atoms with Crippen LogP contribution in [0.5, 0.6) is 0 Å². The van der Waals surface area contributed by atoms with Crippen LogP contribution >= 0.6 is 0 Å². The molecule has 0 aliphatic carbocycles. The van der Waals surface area contributed by atoms with E-state index in [1.165, 1.54) is 0 Å². The Morgan fingerprint density at radius 1 is 1.08 bits per heavy atom. The average molecular weight is 533 g/mol. The summed E-state index contributed by atoms with van der Waals surface area (Å²) in [6.45, 7) is 8.05. The van der Waals surface area contributed by atoms with Crippen LogP contribution in [-0.2, 0) is 22.7 Å². The number of imidazole rings is 1. The number of carbonyl (C=O) groups is 2. The van der Waals surface area contributed by atoms with Gasteiger partial charge in [0, 0.05) is 57.0 Å². The summed E-state index contributed by atoms with van der Waals surface area (Å²) in [7, 11) is -1.14. The topological polar surface area (TPSA) is 124 Å². The molecule has 1 amide bonds. The third-order valence-electron chi connectivity index (χ3n) is 5.83. The molecule has 0 aliphatic heterocycles. The van der Waals surface area contributed by atoms with Crippen LogP contribution in [-0.4, -0.2) is 56.0 Å². The van der Waals surface area contributed by atoms with Crippen LogP contribution in [0, 0.1) is 0 Å². The maximum absolute atomic E-state index is 13.2. The summed E-state index contributed by atoms with van der Waals surface area (Å²) in [6, 6.07) is 11.9. The van der Waals surface area contributed by atoms with Crippen LogP contribution in [0.3, 0.4) is 0 Å².